The van der Waals surface area contributed by atoms with Gasteiger partial charge in [-0.25, -0.2) is 4.79 Å². The predicted molar refractivity (Wildman–Crippen MR) is 215 cm³/mol. The van der Waals surface area contributed by atoms with Crippen molar-refractivity contribution in [3.63, 3.8) is 0 Å². The third-order valence-corrected chi connectivity index (χ3v) is 25.5. The van der Waals surface area contributed by atoms with E-state index in [2.05, 4.69) is 152 Å². The van der Waals surface area contributed by atoms with E-state index in [0.29, 0.717) is 17.7 Å². The molecule has 49 heavy (non-hydrogen) atoms. The Kier molecular flexibility index (Phi) is 12.3. The minimum Gasteiger partial charge on any atom is -0.414 e. The number of ether oxygens (including phenoxy) is 1. The molecule has 1 aliphatic heterocycles. The summed E-state index contributed by atoms with van der Waals surface area (Å²) < 4.78 is 30.5. The van der Waals surface area contributed by atoms with Gasteiger partial charge in [0.15, 0.2) is 31.2 Å². The van der Waals surface area contributed by atoms with Gasteiger partial charge in [0.25, 0.3) is 0 Å². The van der Waals surface area contributed by atoms with E-state index in [-0.39, 0.29) is 26.2 Å². The van der Waals surface area contributed by atoms with E-state index in [0.717, 1.165) is 11.1 Å². The number of rotatable bonds is 10. The molecule has 0 spiro atoms. The zero-order valence-electron chi connectivity index (χ0n) is 34.0. The van der Waals surface area contributed by atoms with Crippen LogP contribution in [-0.4, -0.2) is 59.4 Å². The van der Waals surface area contributed by atoms with E-state index in [1.807, 2.05) is 6.20 Å². The Morgan fingerprint density at radius 2 is 1.22 bits per heavy atom. The van der Waals surface area contributed by atoms with Crippen molar-refractivity contribution in [2.24, 2.45) is 0 Å². The summed E-state index contributed by atoms with van der Waals surface area (Å²) in [6, 6.07) is 8.66. The largest absolute Gasteiger partial charge is 0.414 e. The van der Waals surface area contributed by atoms with E-state index in [9.17, 15) is 4.79 Å². The van der Waals surface area contributed by atoms with E-state index in [4.69, 9.17) is 30.2 Å². The first-order valence-corrected chi connectivity index (χ1v) is 27.1. The van der Waals surface area contributed by atoms with Crippen LogP contribution in [0.15, 0.2) is 35.3 Å². The quantitative estimate of drug-likeness (QED) is 0.193. The highest BCUT2D eigenvalue weighted by Crippen LogP contribution is 2.46. The number of aromatic nitrogens is 2. The first-order chi connectivity index (χ1) is 21.9. The highest BCUT2D eigenvalue weighted by molar-refractivity contribution is 7.71. The second kappa shape index (κ2) is 14.3. The number of hydrogen-bond acceptors (Lipinski definition) is 6. The molecule has 0 aliphatic carbocycles. The molecule has 7 nitrogen and oxygen atoms in total. The summed E-state index contributed by atoms with van der Waals surface area (Å²) in [5.41, 5.74) is 3.00. The molecule has 2 heterocycles. The molecule has 0 radical (unpaired) electrons. The summed E-state index contributed by atoms with van der Waals surface area (Å²) in [7, 11) is -6.82. The summed E-state index contributed by atoms with van der Waals surface area (Å²) in [5, 5.41) is -0.0779. The molecule has 0 amide bonds. The van der Waals surface area contributed by atoms with Crippen molar-refractivity contribution in [3.8, 4) is 0 Å². The minimum absolute atomic E-state index is 0.0308. The van der Waals surface area contributed by atoms with E-state index in [1.165, 1.54) is 5.56 Å². The van der Waals surface area contributed by atoms with Crippen molar-refractivity contribution in [3.05, 3.63) is 62.3 Å². The van der Waals surface area contributed by atoms with Crippen molar-refractivity contribution >= 4 is 37.2 Å². The molecule has 4 atom stereocenters. The standard InChI is InChI=1S/C38H68N2O5SSi3/c1-35(2,3)28-21-19-26(20-22-28)23-27-24-40(34(41)39-32(27)46)33-31(45-49(17,18)38(10,11)12)30(44-48(15,16)37(7,8)9)29(43-33)25-42-47(13,14)36(4,5)6/h19-22,24,29-31,33H,23,25H2,1-18H3,(H,39,41,46)/t29-,30-,31-,33-/m1/s1. The van der Waals surface area contributed by atoms with Crippen LogP contribution in [0.2, 0.25) is 54.4 Å². The van der Waals surface area contributed by atoms with Gasteiger partial charge in [-0.1, -0.05) is 120 Å². The Labute approximate surface area is 306 Å². The van der Waals surface area contributed by atoms with E-state index in [1.54, 1.807) is 4.57 Å². The number of nitrogens with one attached hydrogen (secondary N) is 1. The van der Waals surface area contributed by atoms with Crippen LogP contribution in [0, 0.1) is 4.64 Å². The van der Waals surface area contributed by atoms with Crippen molar-refractivity contribution < 1.29 is 18.0 Å². The van der Waals surface area contributed by atoms with Gasteiger partial charge in [0.1, 0.15) is 23.0 Å². The first-order valence-electron chi connectivity index (χ1n) is 18.0. The molecule has 1 N–H and O–H groups in total. The van der Waals surface area contributed by atoms with Gasteiger partial charge in [0.2, 0.25) is 0 Å². The summed E-state index contributed by atoms with van der Waals surface area (Å²) in [6.07, 6.45) is 0.371. The predicted octanol–water partition coefficient (Wildman–Crippen LogP) is 10.5. The van der Waals surface area contributed by atoms with Gasteiger partial charge in [-0.2, -0.15) is 0 Å². The van der Waals surface area contributed by atoms with Crippen LogP contribution in [0.3, 0.4) is 0 Å². The zero-order chi connectivity index (χ0) is 37.8. The maximum absolute atomic E-state index is 13.9. The van der Waals surface area contributed by atoms with Gasteiger partial charge < -0.3 is 18.0 Å². The minimum atomic E-state index is -2.37. The molecule has 0 saturated carbocycles. The third-order valence-electron chi connectivity index (χ3n) is 11.7. The van der Waals surface area contributed by atoms with Crippen molar-refractivity contribution in [2.45, 2.75) is 174 Å². The van der Waals surface area contributed by atoms with Crippen molar-refractivity contribution in [2.75, 3.05) is 6.61 Å². The molecule has 0 bridgehead atoms. The molecule has 2 aromatic rings. The fraction of sp³-hybridized carbons (Fsp3) is 0.737. The molecule has 11 heteroatoms. The fourth-order valence-corrected chi connectivity index (χ4v) is 8.89. The number of hydrogen-bond donors (Lipinski definition) is 1. The maximum atomic E-state index is 13.9. The van der Waals surface area contributed by atoms with Crippen molar-refractivity contribution in [1.29, 1.82) is 0 Å². The van der Waals surface area contributed by atoms with Gasteiger partial charge in [0, 0.05) is 18.2 Å². The number of benzene rings is 1. The average Bonchev–Trinajstić information content (AvgIpc) is 3.22. The van der Waals surface area contributed by atoms with Crippen LogP contribution in [0.4, 0.5) is 0 Å². The summed E-state index contributed by atoms with van der Waals surface area (Å²) >= 11 is 5.73. The average molecular weight is 749 g/mol. The van der Waals surface area contributed by atoms with Gasteiger partial charge in [0.05, 0.1) is 6.61 Å². The van der Waals surface area contributed by atoms with Gasteiger partial charge in [-0.15, -0.1) is 0 Å². The molecule has 1 fully saturated rings. The lowest BCUT2D eigenvalue weighted by molar-refractivity contribution is -0.0510. The fourth-order valence-electron chi connectivity index (χ4n) is 5.06. The van der Waals surface area contributed by atoms with Gasteiger partial charge in [-0.05, 0) is 70.9 Å². The molecule has 1 aromatic heterocycles. The molecule has 1 aliphatic rings. The zero-order valence-corrected chi connectivity index (χ0v) is 37.8. The number of nitrogens with zero attached hydrogens (tertiary/aromatic N) is 1. The lowest BCUT2D eigenvalue weighted by Gasteiger charge is -2.44. The number of aromatic amines is 1. The summed E-state index contributed by atoms with van der Waals surface area (Å²) in [6.45, 7) is 40.8. The SMILES string of the molecule is CC(C)(C)c1ccc(Cc2cn([C@@H]3O[C@H](CO[Si](C)(C)C(C)(C)C)[C@@H](O[Si](C)(C)C(C)(C)C)[C@H]3O[Si](C)(C)C(C)(C)C)c(=O)[nH]c2=S)cc1. The normalized spacial score (nSPS) is 21.8. The second-order valence-electron chi connectivity index (χ2n) is 19.8. The third kappa shape index (κ3) is 9.83. The molecule has 0 unspecified atom stereocenters. The van der Waals surface area contributed by atoms with Gasteiger partial charge >= 0.3 is 5.69 Å². The van der Waals surface area contributed by atoms with Crippen LogP contribution in [-0.2, 0) is 29.9 Å². The van der Waals surface area contributed by atoms with Crippen LogP contribution in [0.25, 0.3) is 0 Å². The lowest BCUT2D eigenvalue weighted by Crippen LogP contribution is -2.54. The highest BCUT2D eigenvalue weighted by atomic mass is 32.1. The Morgan fingerprint density at radius 1 is 0.755 bits per heavy atom. The molecule has 1 aromatic carbocycles. The molecular weight excluding hydrogens is 681 g/mol. The molecular formula is C38H68N2O5SSi3. The van der Waals surface area contributed by atoms with Crippen LogP contribution in [0.5, 0.6) is 0 Å². The highest BCUT2D eigenvalue weighted by Gasteiger charge is 2.55. The second-order valence-corrected chi connectivity index (χ2v) is 34.5. The van der Waals surface area contributed by atoms with Gasteiger partial charge in [-0.3, -0.25) is 9.55 Å². The first kappa shape index (κ1) is 42.2. The van der Waals surface area contributed by atoms with E-state index < -0.39 is 49.5 Å². The Bertz CT molecular complexity index is 1550. The Hall–Kier alpha value is -1.19. The number of H-pyrrole nitrogens is 1. The van der Waals surface area contributed by atoms with Crippen LogP contribution in [0.1, 0.15) is 106 Å². The van der Waals surface area contributed by atoms with Crippen molar-refractivity contribution in [1.82, 2.24) is 9.55 Å². The Morgan fingerprint density at radius 3 is 1.67 bits per heavy atom. The Balaban J connectivity index is 2.18. The maximum Gasteiger partial charge on any atom is 0.328 e. The van der Waals surface area contributed by atoms with Crippen LogP contribution >= 0.6 is 12.2 Å². The van der Waals surface area contributed by atoms with Crippen LogP contribution < -0.4 is 5.69 Å². The topological polar surface area (TPSA) is 74.7 Å². The van der Waals surface area contributed by atoms with E-state index >= 15 is 0 Å². The molecule has 278 valence electrons. The smallest absolute Gasteiger partial charge is 0.328 e. The lowest BCUT2D eigenvalue weighted by atomic mass is 9.86. The summed E-state index contributed by atoms with van der Waals surface area (Å²) in [5.74, 6) is 0. The summed E-state index contributed by atoms with van der Waals surface area (Å²) in [4.78, 5) is 16.8. The molecule has 1 saturated heterocycles. The molecule has 3 rings (SSSR count). The monoisotopic (exact) mass is 748 g/mol.